The van der Waals surface area contributed by atoms with E-state index in [1.807, 2.05) is 84.9 Å². The number of anilines is 1. The largest absolute Gasteiger partial charge is 0.496 e. The lowest BCUT2D eigenvalue weighted by Gasteiger charge is -2.43. The molecular weight excluding hydrogens is 699 g/mol. The molecule has 0 bridgehead atoms. The van der Waals surface area contributed by atoms with Crippen molar-refractivity contribution in [2.75, 3.05) is 19.5 Å². The number of ether oxygens (including phenoxy) is 3. The number of hydrogen-bond donors (Lipinski definition) is 6. The highest BCUT2D eigenvalue weighted by atomic mass is 31.2. The van der Waals surface area contributed by atoms with Crippen molar-refractivity contribution < 1.29 is 39.0 Å². The molecule has 2 aromatic heterocycles. The summed E-state index contributed by atoms with van der Waals surface area (Å²) in [6, 6.07) is 33.4. The number of nitrogens with one attached hydrogen (secondary N) is 1. The van der Waals surface area contributed by atoms with E-state index in [2.05, 4.69) is 25.8 Å². The van der Waals surface area contributed by atoms with Gasteiger partial charge in [-0.15, -0.1) is 0 Å². The van der Waals surface area contributed by atoms with E-state index >= 15 is 0 Å². The maximum atomic E-state index is 12.9. The summed E-state index contributed by atoms with van der Waals surface area (Å²) in [5, 5.41) is 27.3. The molecule has 1 saturated heterocycles. The van der Waals surface area contributed by atoms with Crippen LogP contribution in [-0.2, 0) is 10.2 Å². The molecule has 0 saturated carbocycles. The normalized spacial score (nSPS) is 17.5. The standard InChI is InChI=1S/C38H35N5O6.H4NO2P/c1-47-29-19-11-9-17-26(29)38(25-15-7-4-8-16-25,27-18-10-12-20-30(27)48-2)34(45)33-28(44)21-31(49-33)43-23-41-32-35(39-22-40-36(32)43)42-37(46)24-13-5-3-6-14-24;1-4(2)3/h3-20,22-23,28,31,33-34,44-45H,21H2,1-2H3,(H,39,40,42,46);2-3H,1H2/t28-,31+,33-,34?;/m0./s1. The molecular formula is C38H39N6O8P. The number of benzene rings is 4. The summed E-state index contributed by atoms with van der Waals surface area (Å²) in [4.78, 5) is 41.0. The van der Waals surface area contributed by atoms with E-state index < -0.39 is 38.5 Å². The van der Waals surface area contributed by atoms with Gasteiger partial charge < -0.3 is 39.5 Å². The third-order valence-corrected chi connectivity index (χ3v) is 9.12. The molecule has 1 amide bonds. The Kier molecular flexibility index (Phi) is 11.7. The highest BCUT2D eigenvalue weighted by molar-refractivity contribution is 7.42. The molecule has 1 unspecified atom stereocenters. The van der Waals surface area contributed by atoms with E-state index in [0.717, 1.165) is 5.56 Å². The fourth-order valence-electron chi connectivity index (χ4n) is 6.89. The van der Waals surface area contributed by atoms with Crippen molar-refractivity contribution >= 4 is 31.4 Å². The molecule has 15 heteroatoms. The number of para-hydroxylation sites is 2. The zero-order valence-corrected chi connectivity index (χ0v) is 29.7. The molecule has 6 aromatic rings. The Morgan fingerprint density at radius 3 is 2.02 bits per heavy atom. The number of amides is 1. The number of aliphatic hydroxyl groups excluding tert-OH is 2. The first kappa shape index (κ1) is 37.4. The van der Waals surface area contributed by atoms with Crippen LogP contribution in [0, 0.1) is 0 Å². The van der Waals surface area contributed by atoms with E-state index in [4.69, 9.17) is 24.0 Å². The second kappa shape index (κ2) is 16.6. The van der Waals surface area contributed by atoms with Crippen molar-refractivity contribution in [2.24, 2.45) is 5.50 Å². The van der Waals surface area contributed by atoms with E-state index in [-0.39, 0.29) is 18.1 Å². The Bertz CT molecular complexity index is 2090. The monoisotopic (exact) mass is 738 g/mol. The number of hydrogen-bond acceptors (Lipinski definition) is 12. The summed E-state index contributed by atoms with van der Waals surface area (Å²) in [6.07, 6.45) is -1.28. The third kappa shape index (κ3) is 7.48. The van der Waals surface area contributed by atoms with E-state index in [1.165, 1.54) is 12.7 Å². The average Bonchev–Trinajstić information content (AvgIpc) is 3.80. The second-order valence-electron chi connectivity index (χ2n) is 12.1. The quantitative estimate of drug-likeness (QED) is 0.0860. The third-order valence-electron chi connectivity index (χ3n) is 9.12. The van der Waals surface area contributed by atoms with Gasteiger partial charge in [0.1, 0.15) is 36.3 Å². The minimum atomic E-state index is -2.12. The van der Waals surface area contributed by atoms with Crippen LogP contribution in [0.4, 0.5) is 5.82 Å². The van der Waals surface area contributed by atoms with Crippen molar-refractivity contribution in [1.82, 2.24) is 19.5 Å². The van der Waals surface area contributed by atoms with Crippen LogP contribution in [0.3, 0.4) is 0 Å². The number of carbonyl (C=O) groups excluding carboxylic acids is 1. The van der Waals surface area contributed by atoms with Gasteiger partial charge in [-0.3, -0.25) is 14.9 Å². The van der Waals surface area contributed by atoms with Crippen LogP contribution in [0.2, 0.25) is 0 Å². The second-order valence-corrected chi connectivity index (χ2v) is 12.7. The van der Waals surface area contributed by atoms with Crippen LogP contribution >= 0.6 is 8.53 Å². The SMILES string of the molecule is COc1ccccc1C(c1ccccc1)(c1ccccc1OC)C(O)[C@H]1O[C@@H](n2cnc3c(NC(=O)c4ccccc4)ncnc32)C[C@@H]1O.NP(O)O. The molecule has 0 spiro atoms. The van der Waals surface area contributed by atoms with Crippen molar-refractivity contribution in [3.8, 4) is 11.5 Å². The zero-order valence-electron chi connectivity index (χ0n) is 28.8. The van der Waals surface area contributed by atoms with Gasteiger partial charge in [-0.2, -0.15) is 0 Å². The lowest BCUT2D eigenvalue weighted by molar-refractivity contribution is -0.0963. The van der Waals surface area contributed by atoms with Gasteiger partial charge in [0, 0.05) is 23.1 Å². The maximum Gasteiger partial charge on any atom is 0.256 e. The van der Waals surface area contributed by atoms with Crippen LogP contribution in [0.5, 0.6) is 11.5 Å². The minimum Gasteiger partial charge on any atom is -0.496 e. The van der Waals surface area contributed by atoms with Crippen LogP contribution in [0.25, 0.3) is 11.2 Å². The Hall–Kier alpha value is -5.31. The van der Waals surface area contributed by atoms with Crippen molar-refractivity contribution in [3.05, 3.63) is 144 Å². The molecule has 7 rings (SSSR count). The number of aromatic nitrogens is 4. The van der Waals surface area contributed by atoms with Crippen molar-refractivity contribution in [3.63, 3.8) is 0 Å². The summed E-state index contributed by atoms with van der Waals surface area (Å²) >= 11 is 0. The van der Waals surface area contributed by atoms with E-state index in [1.54, 1.807) is 43.1 Å². The molecule has 3 heterocycles. The number of methoxy groups -OCH3 is 2. The first-order valence-corrected chi connectivity index (χ1v) is 17.8. The maximum absolute atomic E-state index is 12.9. The van der Waals surface area contributed by atoms with Gasteiger partial charge >= 0.3 is 0 Å². The first-order valence-electron chi connectivity index (χ1n) is 16.5. The lowest BCUT2D eigenvalue weighted by atomic mass is 9.63. The van der Waals surface area contributed by atoms with Gasteiger partial charge in [-0.25, -0.2) is 15.0 Å². The molecule has 7 N–H and O–H groups in total. The Labute approximate surface area is 306 Å². The molecule has 1 aliphatic rings. The number of aliphatic hydroxyl groups is 2. The van der Waals surface area contributed by atoms with Gasteiger partial charge in [-0.05, 0) is 29.8 Å². The summed E-state index contributed by atoms with van der Waals surface area (Å²) in [7, 11) is 1.05. The van der Waals surface area contributed by atoms with Gasteiger partial charge in [0.25, 0.3) is 5.91 Å². The summed E-state index contributed by atoms with van der Waals surface area (Å²) in [6.45, 7) is 0. The van der Waals surface area contributed by atoms with Gasteiger partial charge in [0.05, 0.1) is 32.1 Å². The summed E-state index contributed by atoms with van der Waals surface area (Å²) in [5.41, 5.74) is 6.27. The minimum absolute atomic E-state index is 0.131. The number of nitrogens with two attached hydrogens (primary N) is 1. The molecule has 274 valence electrons. The molecule has 1 aliphatic heterocycles. The van der Waals surface area contributed by atoms with Crippen LogP contribution in [-0.4, -0.2) is 78.0 Å². The fraction of sp³-hybridized carbons (Fsp3) is 0.211. The zero-order chi connectivity index (χ0) is 37.5. The number of imidazole rings is 1. The van der Waals surface area contributed by atoms with Crippen LogP contribution in [0.1, 0.15) is 39.7 Å². The molecule has 1 fully saturated rings. The topological polar surface area (TPSA) is 207 Å². The fourth-order valence-corrected chi connectivity index (χ4v) is 6.89. The van der Waals surface area contributed by atoms with Crippen LogP contribution in [0.15, 0.2) is 122 Å². The van der Waals surface area contributed by atoms with Crippen molar-refractivity contribution in [1.29, 1.82) is 0 Å². The van der Waals surface area contributed by atoms with Gasteiger partial charge in [0.2, 0.25) is 8.53 Å². The van der Waals surface area contributed by atoms with E-state index in [0.29, 0.717) is 39.4 Å². The van der Waals surface area contributed by atoms with Crippen LogP contribution < -0.4 is 20.3 Å². The van der Waals surface area contributed by atoms with Crippen molar-refractivity contribution in [2.45, 2.75) is 36.4 Å². The summed E-state index contributed by atoms with van der Waals surface area (Å²) < 4.78 is 20.1. The molecule has 14 nitrogen and oxygen atoms in total. The number of fused-ring (bicyclic) bond motifs is 1. The molecule has 0 radical (unpaired) electrons. The molecule has 53 heavy (non-hydrogen) atoms. The van der Waals surface area contributed by atoms with E-state index in [9.17, 15) is 15.0 Å². The highest BCUT2D eigenvalue weighted by Crippen LogP contribution is 2.51. The van der Waals surface area contributed by atoms with Gasteiger partial charge in [0.15, 0.2) is 17.0 Å². The van der Waals surface area contributed by atoms with Gasteiger partial charge in [-0.1, -0.05) is 84.9 Å². The molecule has 0 aliphatic carbocycles. The Morgan fingerprint density at radius 1 is 0.887 bits per heavy atom. The molecule has 4 aromatic carbocycles. The number of nitrogens with zero attached hydrogens (tertiary/aromatic N) is 4. The predicted molar refractivity (Wildman–Crippen MR) is 198 cm³/mol. The Morgan fingerprint density at radius 2 is 1.43 bits per heavy atom. The Balaban J connectivity index is 0.00000114. The highest BCUT2D eigenvalue weighted by Gasteiger charge is 2.54. The summed E-state index contributed by atoms with van der Waals surface area (Å²) in [5.74, 6) is 0.990. The first-order chi connectivity index (χ1) is 25.7. The predicted octanol–water partition coefficient (Wildman–Crippen LogP) is 4.30. The number of carbonyl (C=O) groups is 1. The lowest BCUT2D eigenvalue weighted by Crippen LogP contribution is -2.51. The molecule has 4 atom stereocenters. The average molecular weight is 739 g/mol. The number of rotatable bonds is 10. The smallest absolute Gasteiger partial charge is 0.256 e.